The van der Waals surface area contributed by atoms with E-state index in [0.717, 1.165) is 0 Å². The van der Waals surface area contributed by atoms with Crippen molar-refractivity contribution in [2.75, 3.05) is 0 Å². The topological polar surface area (TPSA) is 200 Å². The van der Waals surface area contributed by atoms with Crippen LogP contribution in [0.1, 0.15) is 0 Å². The minimum Gasteiger partial charge on any atom is -1.00 e. The molecule has 0 amide bonds. The van der Waals surface area contributed by atoms with Crippen molar-refractivity contribution < 1.29 is 56.3 Å². The van der Waals surface area contributed by atoms with Crippen molar-refractivity contribution in [3.63, 3.8) is 0 Å². The second kappa shape index (κ2) is 285. The molecule has 86 valence electrons. The van der Waals surface area contributed by atoms with Gasteiger partial charge in [0.25, 0.3) is 0 Å². The van der Waals surface area contributed by atoms with Crippen LogP contribution in [0.15, 0.2) is 10.7 Å². The fourth-order valence-corrected chi connectivity index (χ4v) is 0. The van der Waals surface area contributed by atoms with Crippen molar-refractivity contribution in [2.45, 2.75) is 0 Å². The van der Waals surface area contributed by atoms with Gasteiger partial charge in [0.1, 0.15) is 0 Å². The molecule has 0 aromatic heterocycles. The van der Waals surface area contributed by atoms with Crippen LogP contribution in [-0.4, -0.2) is 10.4 Å². The molecule has 0 saturated heterocycles. The number of nitrogens with zero attached hydrogens (tertiary/aromatic N) is 2. The van der Waals surface area contributed by atoms with Crippen LogP contribution in [0.2, 0.25) is 0 Å². The molecule has 0 saturated carbocycles. The molecule has 12 heteroatoms. The van der Waals surface area contributed by atoms with E-state index in [9.17, 15) is 0 Å². The summed E-state index contributed by atoms with van der Waals surface area (Å²) in [5.41, 5.74) is 0. The summed E-state index contributed by atoms with van der Waals surface area (Å²) in [5, 5.41) is 15.8. The average molecular weight is 408 g/mol. The molecule has 8 N–H and O–H groups in total. The van der Waals surface area contributed by atoms with E-state index in [-0.39, 0.29) is 64.3 Å². The first-order valence-electron chi connectivity index (χ1n) is 0.765. The normalized spacial score (nSPS) is 2.00. The third-order valence-electron chi connectivity index (χ3n) is 0. The van der Waals surface area contributed by atoms with Gasteiger partial charge in [-0.3, -0.25) is 0 Å². The molecule has 0 aromatic carbocycles. The van der Waals surface area contributed by atoms with Crippen LogP contribution >= 0.6 is 0 Å². The molecule has 0 fully saturated rings. The second-order valence-electron chi connectivity index (χ2n) is 0.163. The van der Waals surface area contributed by atoms with Crippen molar-refractivity contribution in [1.82, 2.24) is 0 Å². The fraction of sp³-hybridized carbons (Fsp3) is 0. The van der Waals surface area contributed by atoms with E-state index < -0.39 is 0 Å². The molecule has 0 radical (unpaired) electrons. The average Bonchev–Trinajstić information content (AvgIpc) is 1.39. The molecule has 0 bridgehead atoms. The summed E-state index contributed by atoms with van der Waals surface area (Å²) >= 11 is 0. The first-order valence-corrected chi connectivity index (χ1v) is 0.765. The van der Waals surface area contributed by atoms with Crippen molar-refractivity contribution >= 4 is 0 Å². The van der Waals surface area contributed by atoms with E-state index in [0.29, 0.717) is 0 Å². The quantitative estimate of drug-likeness (QED) is 0.309. The van der Waals surface area contributed by atoms with Gasteiger partial charge in [-0.1, -0.05) is 0 Å². The van der Waals surface area contributed by atoms with E-state index in [4.69, 9.17) is 20.2 Å². The maximum Gasteiger partial charge on any atom is 0.152 e. The third kappa shape index (κ3) is 298000. The van der Waals surface area contributed by atoms with E-state index >= 15 is 0 Å². The van der Waals surface area contributed by atoms with Gasteiger partial charge in [0.05, 0.1) is 0 Å². The molecule has 0 rings (SSSR count). The Kier molecular flexibility index (Phi) is 2190. The number of hydrogen-bond acceptors (Lipinski definition) is 4. The summed E-state index contributed by atoms with van der Waals surface area (Å²) in [7, 11) is 0. The molecular formula is H8Cl2N5O4Pt-5. The molecule has 0 atom stereocenters. The third-order valence-corrected chi connectivity index (χ3v) is 0. The summed E-state index contributed by atoms with van der Waals surface area (Å²) in [6.07, 6.45) is 0. The van der Waals surface area contributed by atoms with Crippen LogP contribution in [-0.2, 0) is 21.1 Å². The van der Waals surface area contributed by atoms with Gasteiger partial charge in [0.2, 0.25) is 0 Å². The predicted octanol–water partition coefficient (Wildman–Crippen LogP) is -3.56. The summed E-state index contributed by atoms with van der Waals surface area (Å²) < 4.78 is 0. The molecule has 12 heavy (non-hydrogen) atoms. The molecule has 0 heterocycles. The maximum atomic E-state index is 8.11. The number of rotatable bonds is 0. The van der Waals surface area contributed by atoms with E-state index in [1.807, 2.05) is 0 Å². The van der Waals surface area contributed by atoms with E-state index in [1.54, 1.807) is 0 Å². The standard InChI is InChI=1S/2ClH.2HNO2.3H2N.Pt/c;;2*2-1-3;;;;/h2*1H;2*(H,2,3);3*1H2;/q;;;;3*-1;/p-2. The predicted molar refractivity (Wildman–Crippen MR) is 31.0 cm³/mol. The summed E-state index contributed by atoms with van der Waals surface area (Å²) in [4.78, 5) is 16.2. The Bertz CT molecular complexity index is 42.4. The Hall–Kier alpha value is -0.0517. The molecule has 0 spiro atoms. The van der Waals surface area contributed by atoms with Crippen molar-refractivity contribution in [3.05, 3.63) is 28.3 Å². The van der Waals surface area contributed by atoms with E-state index in [1.165, 1.54) is 10.7 Å². The number of halogens is 2. The van der Waals surface area contributed by atoms with Gasteiger partial charge in [0.15, 0.2) is 10.7 Å². The first kappa shape index (κ1) is 91.9. The van der Waals surface area contributed by atoms with Gasteiger partial charge in [-0.05, 0) is 0 Å². The Labute approximate surface area is 95.4 Å². The van der Waals surface area contributed by atoms with Crippen LogP contribution < -0.4 is 24.8 Å². The minimum atomic E-state index is 0. The largest absolute Gasteiger partial charge is 1.00 e. The first-order chi connectivity index (χ1) is 2.83. The molecule has 0 aliphatic carbocycles. The van der Waals surface area contributed by atoms with E-state index in [2.05, 4.69) is 0 Å². The van der Waals surface area contributed by atoms with Crippen molar-refractivity contribution in [3.8, 4) is 0 Å². The van der Waals surface area contributed by atoms with Gasteiger partial charge >= 0.3 is 0 Å². The molecule has 0 aliphatic rings. The molecule has 0 aromatic rings. The Morgan fingerprint density at radius 2 is 0.750 bits per heavy atom. The van der Waals surface area contributed by atoms with Gasteiger partial charge in [-0.25, -0.2) is 0 Å². The summed E-state index contributed by atoms with van der Waals surface area (Å²) in [6.45, 7) is 0. The van der Waals surface area contributed by atoms with Crippen molar-refractivity contribution in [1.29, 1.82) is 0 Å². The molecular weight excluding hydrogens is 400 g/mol. The monoisotopic (exact) mass is 407 g/mol. The molecule has 0 unspecified atom stereocenters. The SMILES string of the molecule is O=NO.O=NO.[Cl-].[Cl-].[NH2-].[NH2-].[NH2-].[Pt]. The zero-order valence-corrected chi connectivity index (χ0v) is 9.19. The summed E-state index contributed by atoms with van der Waals surface area (Å²) in [5.74, 6) is 0. The van der Waals surface area contributed by atoms with Crippen LogP contribution in [0.5, 0.6) is 0 Å². The van der Waals surface area contributed by atoms with Crippen LogP contribution in [0.3, 0.4) is 0 Å². The number of hydrogen-bond donors (Lipinski definition) is 2. The Balaban J connectivity index is -0.00000000296. The zero-order chi connectivity index (χ0) is 5.41. The fourth-order valence-electron chi connectivity index (χ4n) is 0. The van der Waals surface area contributed by atoms with Crippen LogP contribution in [0.25, 0.3) is 18.5 Å². The smallest absolute Gasteiger partial charge is 0.152 e. The zero-order valence-electron chi connectivity index (χ0n) is 5.41. The molecule has 0 aliphatic heterocycles. The van der Waals surface area contributed by atoms with Gasteiger partial charge in [-0.15, -0.1) is 9.81 Å². The van der Waals surface area contributed by atoms with Crippen LogP contribution in [0.4, 0.5) is 0 Å². The Morgan fingerprint density at radius 1 is 0.750 bits per heavy atom. The minimum absolute atomic E-state index is 0. The summed E-state index contributed by atoms with van der Waals surface area (Å²) in [6, 6.07) is 0. The second-order valence-corrected chi connectivity index (χ2v) is 0.163. The van der Waals surface area contributed by atoms with Gasteiger partial charge in [-0.2, -0.15) is 0 Å². The Morgan fingerprint density at radius 3 is 0.750 bits per heavy atom. The molecule has 9 nitrogen and oxygen atoms in total. The maximum absolute atomic E-state index is 8.11. The van der Waals surface area contributed by atoms with Gasteiger partial charge in [0, 0.05) is 21.1 Å². The number of nitrogens with two attached hydrogens (primary N) is 3. The van der Waals surface area contributed by atoms with Crippen LogP contribution in [0, 0.1) is 9.81 Å². The van der Waals surface area contributed by atoms with Crippen molar-refractivity contribution in [2.24, 2.45) is 10.7 Å². The van der Waals surface area contributed by atoms with Gasteiger partial charge < -0.3 is 53.7 Å².